The van der Waals surface area contributed by atoms with Gasteiger partial charge in [0.15, 0.2) is 0 Å². The fourth-order valence-electron chi connectivity index (χ4n) is 2.76. The van der Waals surface area contributed by atoms with Gasteiger partial charge in [0.1, 0.15) is 17.9 Å². The molecule has 0 spiro atoms. The number of hydrogen-bond acceptors (Lipinski definition) is 3. The first-order valence-corrected chi connectivity index (χ1v) is 7.15. The molecular formula is C14H20N4O2. The highest BCUT2D eigenvalue weighted by molar-refractivity contribution is 5.97. The molecule has 1 aliphatic heterocycles. The lowest BCUT2D eigenvalue weighted by Gasteiger charge is -2.37. The molecule has 6 heteroatoms. The third kappa shape index (κ3) is 2.30. The predicted octanol–water partition coefficient (Wildman–Crippen LogP) is 0.0881. The molecule has 2 aliphatic rings. The molecule has 2 fully saturated rings. The largest absolute Gasteiger partial charge is 0.342 e. The van der Waals surface area contributed by atoms with E-state index < -0.39 is 6.04 Å². The molecule has 3 rings (SSSR count). The van der Waals surface area contributed by atoms with Gasteiger partial charge in [-0.3, -0.25) is 9.59 Å². The number of rotatable bonds is 4. The van der Waals surface area contributed by atoms with E-state index in [9.17, 15) is 9.59 Å². The molecule has 0 aromatic carbocycles. The molecule has 1 saturated heterocycles. The summed E-state index contributed by atoms with van der Waals surface area (Å²) in [6.07, 6.45) is 6.38. The highest BCUT2D eigenvalue weighted by Gasteiger charge is 2.45. The Labute approximate surface area is 118 Å². The van der Waals surface area contributed by atoms with Gasteiger partial charge in [-0.2, -0.15) is 0 Å². The van der Waals surface area contributed by atoms with Crippen LogP contribution in [0.25, 0.3) is 0 Å². The molecule has 2 unspecified atom stereocenters. The van der Waals surface area contributed by atoms with E-state index in [1.165, 1.54) is 0 Å². The lowest BCUT2D eigenvalue weighted by Crippen LogP contribution is -2.63. The maximum atomic E-state index is 12.5. The molecule has 1 aromatic heterocycles. The van der Waals surface area contributed by atoms with Crippen LogP contribution >= 0.6 is 0 Å². The molecule has 6 nitrogen and oxygen atoms in total. The molecule has 0 bridgehead atoms. The monoisotopic (exact) mass is 276 g/mol. The second-order valence-corrected chi connectivity index (χ2v) is 5.74. The summed E-state index contributed by atoms with van der Waals surface area (Å²) in [6, 6.07) is -0.696. The van der Waals surface area contributed by atoms with E-state index in [-0.39, 0.29) is 17.9 Å². The Bertz CT molecular complexity index is 535. The summed E-state index contributed by atoms with van der Waals surface area (Å²) in [4.78, 5) is 30.5. The number of amides is 2. The average Bonchev–Trinajstić information content (AvgIpc) is 3.18. The highest BCUT2D eigenvalue weighted by Crippen LogP contribution is 2.35. The number of nitrogens with zero attached hydrogens (tertiary/aromatic N) is 3. The quantitative estimate of drug-likeness (QED) is 0.847. The van der Waals surface area contributed by atoms with E-state index in [0.717, 1.165) is 18.7 Å². The third-order valence-corrected chi connectivity index (χ3v) is 4.28. The third-order valence-electron chi connectivity index (χ3n) is 4.28. The predicted molar refractivity (Wildman–Crippen MR) is 72.7 cm³/mol. The Morgan fingerprint density at radius 2 is 2.15 bits per heavy atom. The summed E-state index contributed by atoms with van der Waals surface area (Å²) < 4.78 is 1.94. The van der Waals surface area contributed by atoms with Crippen LogP contribution in [-0.4, -0.2) is 44.9 Å². The normalized spacial score (nSPS) is 26.8. The summed E-state index contributed by atoms with van der Waals surface area (Å²) in [5, 5.41) is 2.86. The molecule has 108 valence electrons. The van der Waals surface area contributed by atoms with Gasteiger partial charge in [0.25, 0.3) is 0 Å². The zero-order valence-corrected chi connectivity index (χ0v) is 11.9. The average molecular weight is 276 g/mol. The van der Waals surface area contributed by atoms with Gasteiger partial charge in [-0.05, 0) is 25.7 Å². The SMILES string of the molecule is CC1C(=O)NC(C2CC2)C(=O)N1CCc1nccn1C. The molecular weight excluding hydrogens is 256 g/mol. The van der Waals surface area contributed by atoms with Crippen molar-refractivity contribution >= 4 is 11.8 Å². The zero-order valence-electron chi connectivity index (χ0n) is 11.9. The Morgan fingerprint density at radius 1 is 1.40 bits per heavy atom. The summed E-state index contributed by atoms with van der Waals surface area (Å²) >= 11 is 0. The number of aryl methyl sites for hydroxylation is 1. The molecule has 2 amide bonds. The molecule has 1 aromatic rings. The smallest absolute Gasteiger partial charge is 0.246 e. The van der Waals surface area contributed by atoms with E-state index in [0.29, 0.717) is 18.9 Å². The van der Waals surface area contributed by atoms with Crippen molar-refractivity contribution < 1.29 is 9.59 Å². The summed E-state index contributed by atoms with van der Waals surface area (Å²) in [6.45, 7) is 2.33. The number of imidazole rings is 1. The highest BCUT2D eigenvalue weighted by atomic mass is 16.2. The van der Waals surface area contributed by atoms with Crippen molar-refractivity contribution in [2.24, 2.45) is 13.0 Å². The summed E-state index contributed by atoms with van der Waals surface area (Å²) in [5.74, 6) is 1.30. The molecule has 2 heterocycles. The number of carbonyl (C=O) groups excluding carboxylic acids is 2. The second-order valence-electron chi connectivity index (χ2n) is 5.74. The van der Waals surface area contributed by atoms with Crippen LogP contribution in [-0.2, 0) is 23.1 Å². The fraction of sp³-hybridized carbons (Fsp3) is 0.643. The van der Waals surface area contributed by atoms with Crippen molar-refractivity contribution in [3.05, 3.63) is 18.2 Å². The van der Waals surface area contributed by atoms with Gasteiger partial charge in [0, 0.05) is 32.4 Å². The maximum Gasteiger partial charge on any atom is 0.246 e. The van der Waals surface area contributed by atoms with Crippen molar-refractivity contribution in [3.63, 3.8) is 0 Å². The Kier molecular flexibility index (Phi) is 3.23. The van der Waals surface area contributed by atoms with Crippen LogP contribution in [0, 0.1) is 5.92 Å². The van der Waals surface area contributed by atoms with E-state index >= 15 is 0 Å². The standard InChI is InChI=1S/C14H20N4O2/c1-9-13(19)16-12(10-3-4-10)14(20)18(9)7-5-11-15-6-8-17(11)2/h6,8-10,12H,3-5,7H2,1-2H3,(H,16,19). The lowest BCUT2D eigenvalue weighted by atomic mass is 10.0. The van der Waals surface area contributed by atoms with Crippen LogP contribution in [0.5, 0.6) is 0 Å². The molecule has 20 heavy (non-hydrogen) atoms. The van der Waals surface area contributed by atoms with Crippen LogP contribution < -0.4 is 5.32 Å². The number of piperazine rings is 1. The van der Waals surface area contributed by atoms with Crippen molar-refractivity contribution in [3.8, 4) is 0 Å². The summed E-state index contributed by atoms with van der Waals surface area (Å²) in [5.41, 5.74) is 0. The van der Waals surface area contributed by atoms with E-state index in [2.05, 4.69) is 10.3 Å². The Balaban J connectivity index is 1.70. The van der Waals surface area contributed by atoms with Crippen molar-refractivity contribution in [1.82, 2.24) is 19.8 Å². The molecule has 1 saturated carbocycles. The minimum atomic E-state index is -0.391. The molecule has 1 aliphatic carbocycles. The van der Waals surface area contributed by atoms with Crippen LogP contribution in [0.1, 0.15) is 25.6 Å². The van der Waals surface area contributed by atoms with Gasteiger partial charge < -0.3 is 14.8 Å². The van der Waals surface area contributed by atoms with Gasteiger partial charge in [0.2, 0.25) is 11.8 Å². The molecule has 0 radical (unpaired) electrons. The molecule has 2 atom stereocenters. The first-order chi connectivity index (χ1) is 9.58. The number of nitrogens with one attached hydrogen (secondary N) is 1. The van der Waals surface area contributed by atoms with Crippen LogP contribution in [0.2, 0.25) is 0 Å². The number of hydrogen-bond donors (Lipinski definition) is 1. The van der Waals surface area contributed by atoms with Crippen LogP contribution in [0.15, 0.2) is 12.4 Å². The molecule has 1 N–H and O–H groups in total. The fourth-order valence-corrected chi connectivity index (χ4v) is 2.76. The van der Waals surface area contributed by atoms with E-state index in [1.54, 1.807) is 18.0 Å². The van der Waals surface area contributed by atoms with E-state index in [4.69, 9.17) is 0 Å². The number of carbonyl (C=O) groups is 2. The van der Waals surface area contributed by atoms with Crippen LogP contribution in [0.3, 0.4) is 0 Å². The van der Waals surface area contributed by atoms with Gasteiger partial charge in [-0.1, -0.05) is 0 Å². The van der Waals surface area contributed by atoms with Gasteiger partial charge in [-0.15, -0.1) is 0 Å². The van der Waals surface area contributed by atoms with Gasteiger partial charge in [0.05, 0.1) is 0 Å². The summed E-state index contributed by atoms with van der Waals surface area (Å²) in [7, 11) is 1.93. The van der Waals surface area contributed by atoms with E-state index in [1.807, 2.05) is 17.8 Å². The van der Waals surface area contributed by atoms with Gasteiger partial charge in [-0.25, -0.2) is 4.98 Å². The number of aromatic nitrogens is 2. The van der Waals surface area contributed by atoms with Crippen molar-refractivity contribution in [1.29, 1.82) is 0 Å². The lowest BCUT2D eigenvalue weighted by molar-refractivity contribution is -0.149. The Hall–Kier alpha value is -1.85. The van der Waals surface area contributed by atoms with Crippen LogP contribution in [0.4, 0.5) is 0 Å². The van der Waals surface area contributed by atoms with Crippen molar-refractivity contribution in [2.45, 2.75) is 38.3 Å². The first kappa shape index (κ1) is 13.1. The Morgan fingerprint density at radius 3 is 2.75 bits per heavy atom. The topological polar surface area (TPSA) is 67.2 Å². The minimum absolute atomic E-state index is 0.0404. The minimum Gasteiger partial charge on any atom is -0.342 e. The van der Waals surface area contributed by atoms with Crippen molar-refractivity contribution in [2.75, 3.05) is 6.54 Å². The first-order valence-electron chi connectivity index (χ1n) is 7.15. The zero-order chi connectivity index (χ0) is 14.3. The second kappa shape index (κ2) is 4.92. The maximum absolute atomic E-state index is 12.5. The van der Waals surface area contributed by atoms with Gasteiger partial charge >= 0.3 is 0 Å².